The number of hydrogen-bond donors (Lipinski definition) is 1. The van der Waals surface area contributed by atoms with Crippen LogP contribution in [0, 0.1) is 0 Å². The van der Waals surface area contributed by atoms with Gasteiger partial charge in [-0.1, -0.05) is 13.0 Å². The summed E-state index contributed by atoms with van der Waals surface area (Å²) in [6.07, 6.45) is 0.477. The molecule has 0 saturated heterocycles. The first kappa shape index (κ1) is 15.5. The van der Waals surface area contributed by atoms with Crippen LogP contribution in [-0.4, -0.2) is 31.6 Å². The fourth-order valence-corrected chi connectivity index (χ4v) is 2.75. The van der Waals surface area contributed by atoms with Crippen LogP contribution in [0.4, 0.5) is 0 Å². The van der Waals surface area contributed by atoms with Crippen LogP contribution < -0.4 is 4.74 Å². The molecule has 0 aliphatic rings. The summed E-state index contributed by atoms with van der Waals surface area (Å²) in [6.45, 7) is 1.98. The van der Waals surface area contributed by atoms with Gasteiger partial charge in [-0.2, -0.15) is 0 Å². The Hall–Kier alpha value is -0.590. The molecular weight excluding hydrogens is 320 g/mol. The molecule has 1 aromatic carbocycles. The molecule has 0 heterocycles. The number of halogens is 1. The van der Waals surface area contributed by atoms with Crippen LogP contribution in [0.1, 0.15) is 18.9 Å². The molecule has 0 radical (unpaired) electrons. The van der Waals surface area contributed by atoms with E-state index >= 15 is 0 Å². The Balaban J connectivity index is 2.45. The van der Waals surface area contributed by atoms with Gasteiger partial charge in [0.1, 0.15) is 15.6 Å². The van der Waals surface area contributed by atoms with Gasteiger partial charge >= 0.3 is 0 Å². The highest BCUT2D eigenvalue weighted by molar-refractivity contribution is 9.10. The molecule has 0 spiro atoms. The van der Waals surface area contributed by atoms with E-state index in [0.29, 0.717) is 18.8 Å². The maximum Gasteiger partial charge on any atom is 0.150 e. The Labute approximate surface area is 116 Å². The Morgan fingerprint density at radius 3 is 2.67 bits per heavy atom. The number of aliphatic hydroxyl groups excluding tert-OH is 1. The maximum atomic E-state index is 11.3. The van der Waals surface area contributed by atoms with E-state index < -0.39 is 9.84 Å². The highest BCUT2D eigenvalue weighted by Gasteiger charge is 2.07. The third-order valence-corrected chi connectivity index (χ3v) is 4.89. The molecule has 0 bridgehead atoms. The minimum atomic E-state index is -2.92. The second-order valence-corrected chi connectivity index (χ2v) is 7.19. The molecule has 1 rings (SSSR count). The lowest BCUT2D eigenvalue weighted by molar-refractivity contribution is 0.281. The molecule has 0 saturated carbocycles. The predicted molar refractivity (Wildman–Crippen MR) is 74.5 cm³/mol. The second kappa shape index (κ2) is 7.11. The summed E-state index contributed by atoms with van der Waals surface area (Å²) in [6, 6.07) is 5.30. The van der Waals surface area contributed by atoms with E-state index in [1.165, 1.54) is 0 Å². The first-order valence-corrected chi connectivity index (χ1v) is 8.32. The minimum absolute atomic E-state index is 0.0202. The zero-order valence-corrected chi connectivity index (χ0v) is 12.6. The summed E-state index contributed by atoms with van der Waals surface area (Å²) in [5, 5.41) is 8.96. The fraction of sp³-hybridized carbons (Fsp3) is 0.500. The van der Waals surface area contributed by atoms with E-state index in [-0.39, 0.29) is 18.1 Å². The van der Waals surface area contributed by atoms with Gasteiger partial charge in [0.25, 0.3) is 0 Å². The van der Waals surface area contributed by atoms with Crippen molar-refractivity contribution in [3.63, 3.8) is 0 Å². The van der Waals surface area contributed by atoms with Crippen molar-refractivity contribution in [2.45, 2.75) is 20.0 Å². The monoisotopic (exact) mass is 336 g/mol. The molecule has 4 nitrogen and oxygen atoms in total. The molecule has 1 aromatic rings. The summed E-state index contributed by atoms with van der Waals surface area (Å²) in [4.78, 5) is 0. The summed E-state index contributed by atoms with van der Waals surface area (Å²) >= 11 is 3.34. The van der Waals surface area contributed by atoms with Crippen LogP contribution in [0.5, 0.6) is 5.75 Å². The zero-order chi connectivity index (χ0) is 13.6. The van der Waals surface area contributed by atoms with Gasteiger partial charge in [0.05, 0.1) is 23.4 Å². The molecule has 0 aromatic heterocycles. The van der Waals surface area contributed by atoms with E-state index in [4.69, 9.17) is 9.84 Å². The van der Waals surface area contributed by atoms with Crippen LogP contribution in [-0.2, 0) is 16.4 Å². The lowest BCUT2D eigenvalue weighted by atomic mass is 10.2. The van der Waals surface area contributed by atoms with E-state index in [2.05, 4.69) is 15.9 Å². The van der Waals surface area contributed by atoms with Crippen molar-refractivity contribution in [2.24, 2.45) is 0 Å². The lowest BCUT2D eigenvalue weighted by Crippen LogP contribution is -2.11. The molecule has 102 valence electrons. The largest absolute Gasteiger partial charge is 0.492 e. The molecule has 0 aliphatic carbocycles. The van der Waals surface area contributed by atoms with E-state index in [1.54, 1.807) is 25.1 Å². The van der Waals surface area contributed by atoms with Crippen LogP contribution >= 0.6 is 15.9 Å². The number of aliphatic hydroxyl groups is 1. The molecule has 0 unspecified atom stereocenters. The van der Waals surface area contributed by atoms with Gasteiger partial charge in [-0.15, -0.1) is 0 Å². The highest BCUT2D eigenvalue weighted by atomic mass is 79.9. The van der Waals surface area contributed by atoms with Crippen LogP contribution in [0.25, 0.3) is 0 Å². The van der Waals surface area contributed by atoms with Gasteiger partial charge in [0.15, 0.2) is 0 Å². The highest BCUT2D eigenvalue weighted by Crippen LogP contribution is 2.26. The number of ether oxygens (including phenoxy) is 1. The standard InChI is InChI=1S/C12H17BrO4S/c1-2-18(15,16)7-3-6-17-12-5-4-10(9-14)8-11(12)13/h4-5,8,14H,2-3,6-7,9H2,1H3. The summed E-state index contributed by atoms with van der Waals surface area (Å²) < 4.78 is 28.8. The molecule has 0 aliphatic heterocycles. The smallest absolute Gasteiger partial charge is 0.150 e. The van der Waals surface area contributed by atoms with Gasteiger partial charge in [0.2, 0.25) is 0 Å². The van der Waals surface area contributed by atoms with Gasteiger partial charge in [0, 0.05) is 5.75 Å². The average Bonchev–Trinajstić information content (AvgIpc) is 2.36. The lowest BCUT2D eigenvalue weighted by Gasteiger charge is -2.09. The number of rotatable bonds is 7. The first-order chi connectivity index (χ1) is 8.48. The first-order valence-electron chi connectivity index (χ1n) is 5.71. The van der Waals surface area contributed by atoms with Gasteiger partial charge in [-0.3, -0.25) is 0 Å². The number of sulfone groups is 1. The van der Waals surface area contributed by atoms with Gasteiger partial charge < -0.3 is 9.84 Å². The van der Waals surface area contributed by atoms with Crippen molar-refractivity contribution >= 4 is 25.8 Å². The minimum Gasteiger partial charge on any atom is -0.492 e. The van der Waals surface area contributed by atoms with E-state index in [9.17, 15) is 8.42 Å². The van der Waals surface area contributed by atoms with Crippen LogP contribution in [0.15, 0.2) is 22.7 Å². The van der Waals surface area contributed by atoms with Crippen molar-refractivity contribution in [2.75, 3.05) is 18.1 Å². The van der Waals surface area contributed by atoms with Gasteiger partial charge in [-0.05, 0) is 40.0 Å². The molecule has 1 N–H and O–H groups in total. The maximum absolute atomic E-state index is 11.3. The van der Waals surface area contributed by atoms with Crippen molar-refractivity contribution in [1.29, 1.82) is 0 Å². The van der Waals surface area contributed by atoms with Crippen molar-refractivity contribution in [3.05, 3.63) is 28.2 Å². The third kappa shape index (κ3) is 4.96. The van der Waals surface area contributed by atoms with Crippen molar-refractivity contribution < 1.29 is 18.3 Å². The fourth-order valence-electron chi connectivity index (χ4n) is 1.37. The second-order valence-electron chi connectivity index (χ2n) is 3.86. The van der Waals surface area contributed by atoms with E-state index in [1.807, 2.05) is 0 Å². The average molecular weight is 337 g/mol. The Bertz CT molecular complexity index is 485. The van der Waals surface area contributed by atoms with Crippen molar-refractivity contribution in [1.82, 2.24) is 0 Å². The summed E-state index contributed by atoms with van der Waals surface area (Å²) in [7, 11) is -2.92. The van der Waals surface area contributed by atoms with Gasteiger partial charge in [-0.25, -0.2) is 8.42 Å². The van der Waals surface area contributed by atoms with Crippen LogP contribution in [0.2, 0.25) is 0 Å². The molecule has 0 amide bonds. The molecule has 0 atom stereocenters. The molecule has 6 heteroatoms. The Morgan fingerprint density at radius 2 is 2.11 bits per heavy atom. The van der Waals surface area contributed by atoms with Crippen molar-refractivity contribution in [3.8, 4) is 5.75 Å². The third-order valence-electron chi connectivity index (χ3n) is 2.48. The summed E-state index contributed by atoms with van der Waals surface area (Å²) in [5.41, 5.74) is 0.794. The SMILES string of the molecule is CCS(=O)(=O)CCCOc1ccc(CO)cc1Br. The quantitative estimate of drug-likeness (QED) is 0.775. The normalized spacial score (nSPS) is 11.5. The Morgan fingerprint density at radius 1 is 1.39 bits per heavy atom. The Kier molecular flexibility index (Phi) is 6.11. The molecular formula is C12H17BrO4S. The molecule has 18 heavy (non-hydrogen) atoms. The number of benzene rings is 1. The van der Waals surface area contributed by atoms with E-state index in [0.717, 1.165) is 10.0 Å². The predicted octanol–water partition coefficient (Wildman–Crippen LogP) is 2.15. The zero-order valence-electron chi connectivity index (χ0n) is 10.2. The molecule has 0 fully saturated rings. The summed E-state index contributed by atoms with van der Waals surface area (Å²) in [5.74, 6) is 0.971. The number of hydrogen-bond acceptors (Lipinski definition) is 4. The topological polar surface area (TPSA) is 63.6 Å². The van der Waals surface area contributed by atoms with Crippen LogP contribution in [0.3, 0.4) is 0 Å².